The number of ether oxygens (including phenoxy) is 1. The van der Waals surface area contributed by atoms with E-state index in [2.05, 4.69) is 0 Å². The van der Waals surface area contributed by atoms with Gasteiger partial charge in [-0.3, -0.25) is 4.79 Å². The van der Waals surface area contributed by atoms with E-state index in [1.165, 1.54) is 4.90 Å². The van der Waals surface area contributed by atoms with E-state index in [4.69, 9.17) is 9.84 Å². The average Bonchev–Trinajstić information content (AvgIpc) is 2.86. The molecule has 6 nitrogen and oxygen atoms in total. The second-order valence-electron chi connectivity index (χ2n) is 5.21. The number of aliphatic carboxylic acids is 1. The lowest BCUT2D eigenvalue weighted by Crippen LogP contribution is -2.43. The van der Waals surface area contributed by atoms with Crippen LogP contribution in [0.2, 0.25) is 0 Å². The van der Waals surface area contributed by atoms with E-state index in [9.17, 15) is 14.7 Å². The van der Waals surface area contributed by atoms with Crippen molar-refractivity contribution >= 4 is 11.9 Å². The number of carbonyl (C=O) groups is 2. The fraction of sp³-hybridized carbons (Fsp3) is 0.467. The third-order valence-electron chi connectivity index (χ3n) is 3.75. The Bertz CT molecular complexity index is 513. The molecule has 1 unspecified atom stereocenters. The summed E-state index contributed by atoms with van der Waals surface area (Å²) in [6, 6.07) is 6.20. The number of carboxylic acids is 1. The van der Waals surface area contributed by atoms with E-state index in [-0.39, 0.29) is 31.3 Å². The first-order valence-electron chi connectivity index (χ1n) is 6.81. The largest absolute Gasteiger partial charge is 0.497 e. The normalized spacial score (nSPS) is 19.6. The van der Waals surface area contributed by atoms with Crippen LogP contribution in [0.1, 0.15) is 12.0 Å². The van der Waals surface area contributed by atoms with Crippen molar-refractivity contribution in [3.63, 3.8) is 0 Å². The SMILES string of the molecule is COc1ccc(C[C@@H](C(=O)O)N2CC(CO)CC2=O)cc1. The summed E-state index contributed by atoms with van der Waals surface area (Å²) >= 11 is 0. The fourth-order valence-electron chi connectivity index (χ4n) is 2.55. The van der Waals surface area contributed by atoms with Crippen LogP contribution >= 0.6 is 0 Å². The Morgan fingerprint density at radius 3 is 2.57 bits per heavy atom. The Morgan fingerprint density at radius 2 is 2.10 bits per heavy atom. The van der Waals surface area contributed by atoms with E-state index in [1.54, 1.807) is 31.4 Å². The van der Waals surface area contributed by atoms with Crippen LogP contribution in [0.4, 0.5) is 0 Å². The molecule has 0 spiro atoms. The molecule has 1 aromatic carbocycles. The summed E-state index contributed by atoms with van der Waals surface area (Å²) in [6.45, 7) is 0.194. The smallest absolute Gasteiger partial charge is 0.326 e. The zero-order valence-electron chi connectivity index (χ0n) is 11.9. The Kier molecular flexibility index (Phi) is 4.80. The van der Waals surface area contributed by atoms with Crippen LogP contribution in [-0.2, 0) is 16.0 Å². The summed E-state index contributed by atoms with van der Waals surface area (Å²) in [4.78, 5) is 24.7. The second-order valence-corrected chi connectivity index (χ2v) is 5.21. The third kappa shape index (κ3) is 3.52. The first-order chi connectivity index (χ1) is 10.0. The summed E-state index contributed by atoms with van der Waals surface area (Å²) in [5.41, 5.74) is 0.823. The Labute approximate surface area is 122 Å². The predicted molar refractivity (Wildman–Crippen MR) is 75.0 cm³/mol. The molecule has 1 aliphatic heterocycles. The molecule has 1 amide bonds. The minimum atomic E-state index is -1.03. The van der Waals surface area contributed by atoms with Crippen molar-refractivity contribution in [3.8, 4) is 5.75 Å². The molecule has 21 heavy (non-hydrogen) atoms. The highest BCUT2D eigenvalue weighted by Crippen LogP contribution is 2.22. The minimum Gasteiger partial charge on any atom is -0.497 e. The van der Waals surface area contributed by atoms with Gasteiger partial charge in [-0.2, -0.15) is 0 Å². The van der Waals surface area contributed by atoms with Crippen molar-refractivity contribution in [2.75, 3.05) is 20.3 Å². The molecule has 6 heteroatoms. The average molecular weight is 293 g/mol. The van der Waals surface area contributed by atoms with Crippen molar-refractivity contribution in [3.05, 3.63) is 29.8 Å². The van der Waals surface area contributed by atoms with E-state index in [0.29, 0.717) is 12.3 Å². The molecular weight excluding hydrogens is 274 g/mol. The van der Waals surface area contributed by atoms with E-state index in [0.717, 1.165) is 5.56 Å². The van der Waals surface area contributed by atoms with Gasteiger partial charge in [-0.15, -0.1) is 0 Å². The molecule has 1 aliphatic rings. The monoisotopic (exact) mass is 293 g/mol. The number of aliphatic hydroxyl groups is 1. The van der Waals surface area contributed by atoms with Gasteiger partial charge in [0.25, 0.3) is 0 Å². The summed E-state index contributed by atoms with van der Waals surface area (Å²) in [6.07, 6.45) is 0.451. The van der Waals surface area contributed by atoms with Gasteiger partial charge in [-0.1, -0.05) is 12.1 Å². The third-order valence-corrected chi connectivity index (χ3v) is 3.75. The molecule has 1 fully saturated rings. The van der Waals surface area contributed by atoms with E-state index >= 15 is 0 Å². The Hall–Kier alpha value is -2.08. The highest BCUT2D eigenvalue weighted by Gasteiger charge is 2.37. The zero-order valence-corrected chi connectivity index (χ0v) is 11.9. The highest BCUT2D eigenvalue weighted by atomic mass is 16.5. The van der Waals surface area contributed by atoms with Gasteiger partial charge in [0.05, 0.1) is 7.11 Å². The van der Waals surface area contributed by atoms with Crippen LogP contribution in [0.5, 0.6) is 5.75 Å². The standard InChI is InChI=1S/C15H19NO5/c1-21-12-4-2-10(3-5-12)6-13(15(19)20)16-8-11(9-17)7-14(16)18/h2-5,11,13,17H,6-9H2,1H3,(H,19,20)/t11?,13-/m0/s1. The Balaban J connectivity index is 2.12. The number of benzene rings is 1. The topological polar surface area (TPSA) is 87.1 Å². The lowest BCUT2D eigenvalue weighted by Gasteiger charge is -2.24. The summed E-state index contributed by atoms with van der Waals surface area (Å²) in [7, 11) is 1.56. The van der Waals surface area contributed by atoms with Crippen molar-refractivity contribution < 1.29 is 24.5 Å². The van der Waals surface area contributed by atoms with Gasteiger partial charge in [-0.25, -0.2) is 4.79 Å². The van der Waals surface area contributed by atoms with E-state index < -0.39 is 12.0 Å². The van der Waals surface area contributed by atoms with Gasteiger partial charge in [0, 0.05) is 31.9 Å². The highest BCUT2D eigenvalue weighted by molar-refractivity contribution is 5.85. The minimum absolute atomic E-state index is 0.100. The molecule has 1 saturated heterocycles. The molecule has 2 atom stereocenters. The van der Waals surface area contributed by atoms with Crippen LogP contribution in [0.3, 0.4) is 0 Å². The summed E-state index contributed by atoms with van der Waals surface area (Å²) in [5.74, 6) is -0.717. The van der Waals surface area contributed by atoms with Crippen molar-refractivity contribution in [1.29, 1.82) is 0 Å². The number of rotatable bonds is 6. The predicted octanol–water partition coefficient (Wildman–Crippen LogP) is 0.532. The molecular formula is C15H19NO5. The quantitative estimate of drug-likeness (QED) is 0.799. The Morgan fingerprint density at radius 1 is 1.43 bits per heavy atom. The number of carbonyl (C=O) groups excluding carboxylic acids is 1. The number of hydrogen-bond donors (Lipinski definition) is 2. The zero-order chi connectivity index (χ0) is 15.4. The number of likely N-dealkylation sites (tertiary alicyclic amines) is 1. The number of amides is 1. The van der Waals surface area contributed by atoms with Crippen molar-refractivity contribution in [2.45, 2.75) is 18.9 Å². The lowest BCUT2D eigenvalue weighted by atomic mass is 10.0. The molecule has 0 aliphatic carbocycles. The lowest BCUT2D eigenvalue weighted by molar-refractivity contribution is -0.148. The molecule has 0 bridgehead atoms. The molecule has 2 rings (SSSR count). The molecule has 1 heterocycles. The van der Waals surface area contributed by atoms with Gasteiger partial charge in [0.2, 0.25) is 5.91 Å². The maximum absolute atomic E-state index is 11.9. The second kappa shape index (κ2) is 6.58. The van der Waals surface area contributed by atoms with Crippen LogP contribution < -0.4 is 4.74 Å². The van der Waals surface area contributed by atoms with Gasteiger partial charge in [-0.05, 0) is 17.7 Å². The maximum atomic E-state index is 11.9. The van der Waals surface area contributed by atoms with Gasteiger partial charge >= 0.3 is 5.97 Å². The first-order valence-corrected chi connectivity index (χ1v) is 6.81. The van der Waals surface area contributed by atoms with Crippen LogP contribution in [0.15, 0.2) is 24.3 Å². The summed E-state index contributed by atoms with van der Waals surface area (Å²) < 4.78 is 5.06. The van der Waals surface area contributed by atoms with Crippen LogP contribution in [0, 0.1) is 5.92 Å². The van der Waals surface area contributed by atoms with Gasteiger partial charge in [0.1, 0.15) is 11.8 Å². The maximum Gasteiger partial charge on any atom is 0.326 e. The molecule has 1 aromatic rings. The van der Waals surface area contributed by atoms with E-state index in [1.807, 2.05) is 0 Å². The van der Waals surface area contributed by atoms with Crippen LogP contribution in [-0.4, -0.2) is 53.3 Å². The van der Waals surface area contributed by atoms with Crippen molar-refractivity contribution in [2.24, 2.45) is 5.92 Å². The molecule has 2 N–H and O–H groups in total. The fourth-order valence-corrected chi connectivity index (χ4v) is 2.55. The first kappa shape index (κ1) is 15.3. The molecule has 0 aromatic heterocycles. The van der Waals surface area contributed by atoms with Gasteiger partial charge in [0.15, 0.2) is 0 Å². The number of aliphatic hydroxyl groups excluding tert-OH is 1. The number of carboxylic acid groups (broad SMARTS) is 1. The van der Waals surface area contributed by atoms with Crippen LogP contribution in [0.25, 0.3) is 0 Å². The number of hydrogen-bond acceptors (Lipinski definition) is 4. The molecule has 0 saturated carbocycles. The van der Waals surface area contributed by atoms with Crippen molar-refractivity contribution in [1.82, 2.24) is 4.90 Å². The van der Waals surface area contributed by atoms with Gasteiger partial charge < -0.3 is 19.8 Å². The molecule has 0 radical (unpaired) electrons. The number of methoxy groups -OCH3 is 1. The summed E-state index contributed by atoms with van der Waals surface area (Å²) in [5, 5.41) is 18.5. The number of nitrogens with zero attached hydrogens (tertiary/aromatic N) is 1. The molecule has 114 valence electrons.